The van der Waals surface area contributed by atoms with E-state index in [2.05, 4.69) is 27.8 Å². The van der Waals surface area contributed by atoms with Crippen LogP contribution in [0.4, 0.5) is 5.13 Å². The molecule has 3 rings (SSSR count). The molecule has 140 valence electrons. The maximum absolute atomic E-state index is 12.0. The van der Waals surface area contributed by atoms with Crippen LogP contribution in [0.3, 0.4) is 0 Å². The molecule has 0 unspecified atom stereocenters. The lowest BCUT2D eigenvalue weighted by Crippen LogP contribution is -2.25. The van der Waals surface area contributed by atoms with Crippen LogP contribution in [-0.2, 0) is 17.6 Å². The van der Waals surface area contributed by atoms with Gasteiger partial charge in [0.1, 0.15) is 0 Å². The molecule has 2 N–H and O–H groups in total. The van der Waals surface area contributed by atoms with Crippen molar-refractivity contribution in [2.75, 3.05) is 11.9 Å². The number of furan rings is 1. The van der Waals surface area contributed by atoms with Gasteiger partial charge in [0, 0.05) is 18.3 Å². The Labute approximate surface area is 161 Å². The third kappa shape index (κ3) is 6.07. The van der Waals surface area contributed by atoms with Gasteiger partial charge in [-0.25, -0.2) is 4.98 Å². The van der Waals surface area contributed by atoms with Crippen LogP contribution in [0.25, 0.3) is 0 Å². The third-order valence-electron chi connectivity index (χ3n) is 3.93. The van der Waals surface area contributed by atoms with Gasteiger partial charge in [0.15, 0.2) is 10.9 Å². The Kier molecular flexibility index (Phi) is 6.76. The molecule has 2 amide bonds. The van der Waals surface area contributed by atoms with E-state index in [1.165, 1.54) is 23.2 Å². The highest BCUT2D eigenvalue weighted by atomic mass is 32.1. The number of carbonyl (C=O) groups is 2. The van der Waals surface area contributed by atoms with Gasteiger partial charge in [-0.15, -0.1) is 11.3 Å². The van der Waals surface area contributed by atoms with Crippen molar-refractivity contribution in [2.45, 2.75) is 25.7 Å². The first-order valence-electron chi connectivity index (χ1n) is 8.80. The molecule has 0 aliphatic heterocycles. The molecule has 2 heterocycles. The number of hydrogen-bond acceptors (Lipinski definition) is 5. The molecule has 27 heavy (non-hydrogen) atoms. The molecule has 0 fully saturated rings. The van der Waals surface area contributed by atoms with Crippen molar-refractivity contribution in [3.8, 4) is 0 Å². The summed E-state index contributed by atoms with van der Waals surface area (Å²) in [4.78, 5) is 28.2. The van der Waals surface area contributed by atoms with Crippen LogP contribution in [0.15, 0.2) is 58.5 Å². The van der Waals surface area contributed by atoms with E-state index in [0.717, 1.165) is 18.5 Å². The fourth-order valence-electron chi connectivity index (χ4n) is 2.54. The minimum absolute atomic E-state index is 0.0113. The maximum Gasteiger partial charge on any atom is 0.293 e. The lowest BCUT2D eigenvalue weighted by atomic mass is 10.1. The first-order valence-corrected chi connectivity index (χ1v) is 9.68. The van der Waals surface area contributed by atoms with Crippen LogP contribution in [-0.4, -0.2) is 23.3 Å². The topological polar surface area (TPSA) is 84.2 Å². The smallest absolute Gasteiger partial charge is 0.293 e. The summed E-state index contributed by atoms with van der Waals surface area (Å²) < 4.78 is 5.04. The van der Waals surface area contributed by atoms with E-state index in [1.807, 2.05) is 23.6 Å². The fourth-order valence-corrected chi connectivity index (χ4v) is 3.28. The van der Waals surface area contributed by atoms with Crippen LogP contribution >= 0.6 is 11.3 Å². The van der Waals surface area contributed by atoms with Gasteiger partial charge in [-0.05, 0) is 37.0 Å². The third-order valence-corrected chi connectivity index (χ3v) is 4.74. The highest BCUT2D eigenvalue weighted by Crippen LogP contribution is 2.17. The van der Waals surface area contributed by atoms with Crippen molar-refractivity contribution in [3.63, 3.8) is 0 Å². The number of nitrogens with zero attached hydrogens (tertiary/aromatic N) is 1. The van der Waals surface area contributed by atoms with Crippen molar-refractivity contribution in [3.05, 3.63) is 71.1 Å². The highest BCUT2D eigenvalue weighted by molar-refractivity contribution is 7.13. The Hall–Kier alpha value is -2.93. The van der Waals surface area contributed by atoms with Crippen LogP contribution in [0.1, 0.15) is 34.7 Å². The summed E-state index contributed by atoms with van der Waals surface area (Å²) in [6.07, 6.45) is 4.22. The number of amides is 2. The average molecular weight is 383 g/mol. The van der Waals surface area contributed by atoms with Crippen LogP contribution in [0.5, 0.6) is 0 Å². The van der Waals surface area contributed by atoms with Gasteiger partial charge in [0.2, 0.25) is 5.91 Å². The maximum atomic E-state index is 12.0. The summed E-state index contributed by atoms with van der Waals surface area (Å²) in [6.45, 7) is 0.662. The quantitative estimate of drug-likeness (QED) is 0.552. The second-order valence-corrected chi connectivity index (χ2v) is 6.87. The van der Waals surface area contributed by atoms with Gasteiger partial charge >= 0.3 is 0 Å². The number of rotatable bonds is 9. The van der Waals surface area contributed by atoms with E-state index in [0.29, 0.717) is 24.5 Å². The molecule has 0 spiro atoms. The second-order valence-electron chi connectivity index (χ2n) is 6.01. The number of aryl methyl sites for hydroxylation is 2. The van der Waals surface area contributed by atoms with Gasteiger partial charge in [-0.1, -0.05) is 30.3 Å². The van der Waals surface area contributed by atoms with E-state index >= 15 is 0 Å². The van der Waals surface area contributed by atoms with Crippen molar-refractivity contribution in [2.24, 2.45) is 0 Å². The van der Waals surface area contributed by atoms with Gasteiger partial charge in [-0.2, -0.15) is 0 Å². The normalized spacial score (nSPS) is 10.5. The minimum atomic E-state index is -0.336. The molecule has 7 heteroatoms. The van der Waals surface area contributed by atoms with Gasteiger partial charge < -0.3 is 9.73 Å². The van der Waals surface area contributed by atoms with E-state index in [-0.39, 0.29) is 17.6 Å². The Morgan fingerprint density at radius 1 is 1.07 bits per heavy atom. The molecular formula is C20H21N3O3S. The summed E-state index contributed by atoms with van der Waals surface area (Å²) in [6, 6.07) is 13.5. The zero-order chi connectivity index (χ0) is 18.9. The Balaban J connectivity index is 1.34. The first-order chi connectivity index (χ1) is 13.2. The van der Waals surface area contributed by atoms with Gasteiger partial charge in [-0.3, -0.25) is 14.9 Å². The monoisotopic (exact) mass is 383 g/mol. The van der Waals surface area contributed by atoms with Crippen molar-refractivity contribution < 1.29 is 14.0 Å². The summed E-state index contributed by atoms with van der Waals surface area (Å²) in [5.41, 5.74) is 2.06. The van der Waals surface area contributed by atoms with Gasteiger partial charge in [0.05, 0.1) is 12.0 Å². The number of aromatic nitrogens is 1. The zero-order valence-electron chi connectivity index (χ0n) is 14.8. The molecule has 3 aromatic rings. The number of hydrogen-bond donors (Lipinski definition) is 2. The molecule has 6 nitrogen and oxygen atoms in total. The average Bonchev–Trinajstić information content (AvgIpc) is 3.36. The summed E-state index contributed by atoms with van der Waals surface area (Å²) in [7, 11) is 0. The van der Waals surface area contributed by atoms with Crippen LogP contribution in [0, 0.1) is 0 Å². The predicted octanol–water partition coefficient (Wildman–Crippen LogP) is 3.67. The summed E-state index contributed by atoms with van der Waals surface area (Å²) in [5.74, 6) is -0.0871. The van der Waals surface area contributed by atoms with E-state index < -0.39 is 0 Å². The molecule has 0 bridgehead atoms. The van der Waals surface area contributed by atoms with Gasteiger partial charge in [0.25, 0.3) is 5.91 Å². The Bertz CT molecular complexity index is 860. The molecule has 0 aliphatic rings. The molecule has 0 radical (unpaired) electrons. The Morgan fingerprint density at radius 2 is 1.93 bits per heavy atom. The first kappa shape index (κ1) is 18.8. The van der Waals surface area contributed by atoms with Crippen molar-refractivity contribution in [1.29, 1.82) is 0 Å². The SMILES string of the molecule is O=C(CCc1csc(NC(=O)c2ccco2)n1)NCCCc1ccccc1. The van der Waals surface area contributed by atoms with E-state index in [4.69, 9.17) is 4.42 Å². The summed E-state index contributed by atoms with van der Waals surface area (Å²) in [5, 5.41) is 7.96. The minimum Gasteiger partial charge on any atom is -0.459 e. The van der Waals surface area contributed by atoms with Crippen LogP contribution in [0.2, 0.25) is 0 Å². The molecule has 0 saturated heterocycles. The van der Waals surface area contributed by atoms with E-state index in [9.17, 15) is 9.59 Å². The predicted molar refractivity (Wildman–Crippen MR) is 105 cm³/mol. The second kappa shape index (κ2) is 9.68. The highest BCUT2D eigenvalue weighted by Gasteiger charge is 2.12. The lowest BCUT2D eigenvalue weighted by Gasteiger charge is -2.05. The number of thiazole rings is 1. The largest absolute Gasteiger partial charge is 0.459 e. The molecule has 2 aromatic heterocycles. The molecule has 1 aromatic carbocycles. The van der Waals surface area contributed by atoms with Crippen molar-refractivity contribution >= 4 is 28.3 Å². The molecular weight excluding hydrogens is 362 g/mol. The standard InChI is InChI=1S/C20H21N3O3S/c24-18(21-12-4-8-15-6-2-1-3-7-15)11-10-16-14-27-20(22-16)23-19(25)17-9-5-13-26-17/h1-3,5-7,9,13-14H,4,8,10-12H2,(H,21,24)(H,22,23,25). The van der Waals surface area contributed by atoms with E-state index in [1.54, 1.807) is 12.1 Å². The summed E-state index contributed by atoms with van der Waals surface area (Å²) >= 11 is 1.33. The number of carbonyl (C=O) groups excluding carboxylic acids is 2. The fraction of sp³-hybridized carbons (Fsp3) is 0.250. The number of nitrogens with one attached hydrogen (secondary N) is 2. The molecule has 0 saturated carbocycles. The van der Waals surface area contributed by atoms with Crippen LogP contribution < -0.4 is 10.6 Å². The van der Waals surface area contributed by atoms with Crippen molar-refractivity contribution in [1.82, 2.24) is 10.3 Å². The number of anilines is 1. The zero-order valence-corrected chi connectivity index (χ0v) is 15.6. The number of benzene rings is 1. The Morgan fingerprint density at radius 3 is 2.70 bits per heavy atom. The molecule has 0 atom stereocenters. The lowest BCUT2D eigenvalue weighted by molar-refractivity contribution is -0.121. The molecule has 0 aliphatic carbocycles.